The minimum absolute atomic E-state index is 0.428. The molecule has 30 heavy (non-hydrogen) atoms. The van der Waals surface area contributed by atoms with Crippen molar-refractivity contribution < 1.29 is 60.6 Å². The molecule has 1 saturated heterocycles. The number of hydrogen-bond acceptors (Lipinski definition) is 13. The van der Waals surface area contributed by atoms with Gasteiger partial charge in [-0.15, -0.1) is 0 Å². The molecule has 3 N–H and O–H groups in total. The molecule has 1 fully saturated rings. The molecule has 1 aromatic rings. The highest BCUT2D eigenvalue weighted by Gasteiger charge is 2.58. The summed E-state index contributed by atoms with van der Waals surface area (Å²) in [6.45, 7) is -1.33. The minimum Gasteiger partial charge on any atom is -0.756 e. The van der Waals surface area contributed by atoms with Gasteiger partial charge in [-0.05, 0) is 0 Å². The van der Waals surface area contributed by atoms with E-state index in [0.29, 0.717) is 4.57 Å². The molecular weight excluding hydrogens is 507 g/mol. The highest BCUT2D eigenvalue weighted by atomic mass is 35.5. The SMILES string of the molecule is O=c1ccn([C@@H]2O[C@H](COP(=O)([O-])OP(=O)([O-])OP(=O)([O-])O)[C@@H](O)[C@]2(F)Cl)c(=O)[nH]1. The Morgan fingerprint density at radius 2 is 1.87 bits per heavy atom. The number of nitrogens with one attached hydrogen (secondary N) is 1. The average Bonchev–Trinajstić information content (AvgIpc) is 2.73. The van der Waals surface area contributed by atoms with E-state index in [2.05, 4.69) is 13.1 Å². The van der Waals surface area contributed by atoms with Gasteiger partial charge < -0.3 is 33.9 Å². The molecule has 172 valence electrons. The quantitative estimate of drug-likeness (QED) is 0.232. The van der Waals surface area contributed by atoms with Gasteiger partial charge in [0.15, 0.2) is 6.23 Å². The lowest BCUT2D eigenvalue weighted by Gasteiger charge is -2.33. The van der Waals surface area contributed by atoms with E-state index in [0.717, 1.165) is 12.3 Å². The summed E-state index contributed by atoms with van der Waals surface area (Å²) in [5.41, 5.74) is -2.05. The van der Waals surface area contributed by atoms with Crippen LogP contribution in [0.15, 0.2) is 21.9 Å². The monoisotopic (exact) mass is 517 g/mol. The molecule has 21 heteroatoms. The number of aliphatic hydroxyl groups excluding tert-OH is 1. The van der Waals surface area contributed by atoms with Crippen LogP contribution >= 0.6 is 35.1 Å². The Balaban J connectivity index is 2.13. The van der Waals surface area contributed by atoms with Gasteiger partial charge in [-0.3, -0.25) is 28.0 Å². The van der Waals surface area contributed by atoms with Gasteiger partial charge in [0, 0.05) is 12.3 Å². The Morgan fingerprint density at radius 1 is 1.27 bits per heavy atom. The fourth-order valence-corrected chi connectivity index (χ4v) is 5.36. The third-order valence-corrected chi connectivity index (χ3v) is 7.38. The molecule has 3 unspecified atom stereocenters. The topological polar surface area (TPSA) is 253 Å². The van der Waals surface area contributed by atoms with Crippen LogP contribution in [0.2, 0.25) is 0 Å². The van der Waals surface area contributed by atoms with Crippen molar-refractivity contribution in [2.75, 3.05) is 6.61 Å². The van der Waals surface area contributed by atoms with Crippen LogP contribution in [0.5, 0.6) is 0 Å². The number of ether oxygens (including phenoxy) is 1. The predicted molar refractivity (Wildman–Crippen MR) is 84.1 cm³/mol. The summed E-state index contributed by atoms with van der Waals surface area (Å²) in [7, 11) is -18.0. The average molecular weight is 518 g/mol. The molecule has 7 atom stereocenters. The number of phosphoric acid groups is 3. The molecule has 2 heterocycles. The molecule has 1 aliphatic rings. The number of hydrogen-bond donors (Lipinski definition) is 3. The van der Waals surface area contributed by atoms with Gasteiger partial charge in [0.2, 0.25) is 0 Å². The number of phosphoric ester groups is 1. The van der Waals surface area contributed by atoms with Crippen LogP contribution < -0.4 is 25.9 Å². The van der Waals surface area contributed by atoms with E-state index in [1.54, 1.807) is 4.98 Å². The molecule has 16 nitrogen and oxygen atoms in total. The lowest BCUT2D eigenvalue weighted by Crippen LogP contribution is -2.42. The number of aliphatic hydroxyl groups is 1. The molecule has 0 radical (unpaired) electrons. The van der Waals surface area contributed by atoms with Crippen molar-refractivity contribution in [1.29, 1.82) is 0 Å². The zero-order valence-electron chi connectivity index (χ0n) is 13.9. The smallest absolute Gasteiger partial charge is 0.330 e. The zero-order chi connectivity index (χ0) is 23.1. The summed E-state index contributed by atoms with van der Waals surface area (Å²) in [5, 5.41) is 6.65. The maximum Gasteiger partial charge on any atom is 0.330 e. The Hall–Kier alpha value is -0.770. The highest BCUT2D eigenvalue weighted by molar-refractivity contribution is 7.65. The maximum absolute atomic E-state index is 14.7. The van der Waals surface area contributed by atoms with Crippen molar-refractivity contribution in [2.24, 2.45) is 0 Å². The molecule has 1 aromatic heterocycles. The molecule has 0 saturated carbocycles. The first-order valence-electron chi connectivity index (χ1n) is 7.19. The van der Waals surface area contributed by atoms with Crippen LogP contribution in [0.3, 0.4) is 0 Å². The Bertz CT molecular complexity index is 1050. The minimum atomic E-state index is -6.17. The molecule has 1 aliphatic heterocycles. The standard InChI is InChI=1S/C9H13ClFN2O14P3/c10-9(11)6(15)4(25-7(9)13-2-1-5(14)12-8(13)16)3-24-29(20,21)27-30(22,23)26-28(17,18)19/h1-2,4,6-7,15H,3H2,(H,20,21)(H,22,23)(H,12,14,16)(H2,17,18,19)/p-3/t4-,6-,7-,9-/m1/s1. The van der Waals surface area contributed by atoms with Gasteiger partial charge in [-0.2, -0.15) is 0 Å². The summed E-state index contributed by atoms with van der Waals surface area (Å²) in [6, 6.07) is 0.787. The van der Waals surface area contributed by atoms with E-state index in [1.165, 1.54) is 0 Å². The summed E-state index contributed by atoms with van der Waals surface area (Å²) >= 11 is 5.52. The molecular formula is C9H10ClFN2O14P3-3. The number of aromatic nitrogens is 2. The Kier molecular flexibility index (Phi) is 7.34. The summed E-state index contributed by atoms with van der Waals surface area (Å²) in [6.07, 6.45) is -5.61. The van der Waals surface area contributed by atoms with Gasteiger partial charge in [-0.25, -0.2) is 17.8 Å². The lowest BCUT2D eigenvalue weighted by atomic mass is 10.1. The second-order valence-electron chi connectivity index (χ2n) is 5.49. The van der Waals surface area contributed by atoms with Crippen LogP contribution in [-0.4, -0.2) is 43.5 Å². The highest BCUT2D eigenvalue weighted by Crippen LogP contribution is 2.61. The van der Waals surface area contributed by atoms with Crippen molar-refractivity contribution in [3.8, 4) is 0 Å². The van der Waals surface area contributed by atoms with Crippen LogP contribution in [-0.2, 0) is 31.6 Å². The first kappa shape index (κ1) is 25.5. The summed E-state index contributed by atoms with van der Waals surface area (Å²) in [5.74, 6) is 0. The van der Waals surface area contributed by atoms with Gasteiger partial charge in [0.1, 0.15) is 12.2 Å². The Morgan fingerprint density at radius 3 is 2.40 bits per heavy atom. The summed E-state index contributed by atoms with van der Waals surface area (Å²) < 4.78 is 63.4. The third-order valence-electron chi connectivity index (χ3n) is 3.28. The number of nitrogens with zero attached hydrogens (tertiary/aromatic N) is 1. The van der Waals surface area contributed by atoms with E-state index in [-0.39, 0.29) is 0 Å². The molecule has 0 bridgehead atoms. The normalized spacial score (nSPS) is 32.8. The molecule has 0 amide bonds. The lowest BCUT2D eigenvalue weighted by molar-refractivity contribution is -0.250. The molecule has 2 rings (SSSR count). The summed E-state index contributed by atoms with van der Waals surface area (Å²) in [4.78, 5) is 65.8. The fourth-order valence-electron chi connectivity index (χ4n) is 2.17. The largest absolute Gasteiger partial charge is 0.756 e. The van der Waals surface area contributed by atoms with Crippen molar-refractivity contribution in [1.82, 2.24) is 9.55 Å². The van der Waals surface area contributed by atoms with Crippen LogP contribution in [0, 0.1) is 0 Å². The second kappa shape index (κ2) is 8.64. The van der Waals surface area contributed by atoms with Crippen LogP contribution in [0.1, 0.15) is 6.23 Å². The zero-order valence-corrected chi connectivity index (χ0v) is 17.4. The number of alkyl halides is 2. The van der Waals surface area contributed by atoms with E-state index in [9.17, 15) is 47.5 Å². The van der Waals surface area contributed by atoms with Crippen molar-refractivity contribution in [3.05, 3.63) is 33.1 Å². The van der Waals surface area contributed by atoms with Crippen molar-refractivity contribution in [3.63, 3.8) is 0 Å². The van der Waals surface area contributed by atoms with Crippen LogP contribution in [0.25, 0.3) is 0 Å². The Labute approximate surface area is 169 Å². The van der Waals surface area contributed by atoms with Crippen molar-refractivity contribution in [2.45, 2.75) is 23.6 Å². The number of halogens is 2. The van der Waals surface area contributed by atoms with Gasteiger partial charge in [-0.1, -0.05) is 11.6 Å². The van der Waals surface area contributed by atoms with E-state index < -0.39 is 64.9 Å². The molecule has 0 aromatic carbocycles. The first-order valence-corrected chi connectivity index (χ1v) is 12.0. The predicted octanol–water partition coefficient (Wildman–Crippen LogP) is -2.85. The fraction of sp³-hybridized carbons (Fsp3) is 0.556. The number of rotatable bonds is 8. The first-order chi connectivity index (χ1) is 13.4. The third kappa shape index (κ3) is 6.37. The van der Waals surface area contributed by atoms with Crippen molar-refractivity contribution >= 4 is 35.1 Å². The van der Waals surface area contributed by atoms with Gasteiger partial charge in [0.25, 0.3) is 34.2 Å². The van der Waals surface area contributed by atoms with E-state index in [4.69, 9.17) is 21.2 Å². The number of H-pyrrole nitrogens is 1. The van der Waals surface area contributed by atoms with Crippen LogP contribution in [0.4, 0.5) is 4.39 Å². The molecule has 0 spiro atoms. The van der Waals surface area contributed by atoms with E-state index >= 15 is 0 Å². The van der Waals surface area contributed by atoms with E-state index in [1.807, 2.05) is 0 Å². The molecule has 0 aliphatic carbocycles. The van der Waals surface area contributed by atoms with Gasteiger partial charge in [0.05, 0.1) is 6.61 Å². The van der Waals surface area contributed by atoms with Gasteiger partial charge >= 0.3 is 5.69 Å². The number of aromatic amines is 1. The second-order valence-corrected chi connectivity index (χ2v) is 10.4. The maximum atomic E-state index is 14.7.